The second-order valence-electron chi connectivity index (χ2n) is 6.31. The number of alkyl halides is 12. The Kier molecular flexibility index (Phi) is 6.18. The van der Waals surface area contributed by atoms with Crippen LogP contribution >= 0.6 is 0 Å². The minimum Gasteiger partial charge on any atom is -0.410 e. The molecule has 28 heavy (non-hydrogen) atoms. The van der Waals surface area contributed by atoms with Gasteiger partial charge in [-0.2, -0.15) is 52.7 Å². The van der Waals surface area contributed by atoms with Crippen molar-refractivity contribution < 1.29 is 69.1 Å². The normalized spacial score (nSPS) is 32.6. The number of hydrogen-bond donors (Lipinski definition) is 0. The average Bonchev–Trinajstić information content (AvgIpc) is 2.28. The van der Waals surface area contributed by atoms with Crippen molar-refractivity contribution in [2.24, 2.45) is 0 Å². The van der Waals surface area contributed by atoms with Gasteiger partial charge >= 0.3 is 57.4 Å². The van der Waals surface area contributed by atoms with E-state index in [1.807, 2.05) is 0 Å². The Morgan fingerprint density at radius 1 is 0.429 bits per heavy atom. The van der Waals surface area contributed by atoms with Crippen molar-refractivity contribution in [1.82, 2.24) is 0 Å². The molecule has 1 rings (SSSR count). The molecule has 0 aromatic carbocycles. The number of hydrogen-bond acceptors (Lipinski definition) is 4. The third-order valence-electron chi connectivity index (χ3n) is 3.33. The van der Waals surface area contributed by atoms with Gasteiger partial charge in [0.1, 0.15) is 0 Å². The lowest BCUT2D eigenvalue weighted by Gasteiger charge is -2.49. The predicted octanol–water partition coefficient (Wildman–Crippen LogP) is 4.76. The quantitative estimate of drug-likeness (QED) is 0.347. The lowest BCUT2D eigenvalue weighted by Crippen LogP contribution is -2.81. The summed E-state index contributed by atoms with van der Waals surface area (Å²) in [5, 5.41) is 0. The second kappa shape index (κ2) is 6.68. The van der Waals surface area contributed by atoms with E-state index in [2.05, 4.69) is 16.5 Å². The highest BCUT2D eigenvalue weighted by molar-refractivity contribution is 6.95. The summed E-state index contributed by atoms with van der Waals surface area (Å²) in [7, 11) is -25.8. The summed E-state index contributed by atoms with van der Waals surface area (Å²) in [5.74, 6) is -25.2. The topological polar surface area (TPSA) is 36.9 Å². The molecule has 0 aliphatic carbocycles. The highest BCUT2D eigenvalue weighted by Gasteiger charge is 2.87. The van der Waals surface area contributed by atoms with Gasteiger partial charge < -0.3 is 16.5 Å². The molecule has 1 heterocycles. The Labute approximate surface area is 153 Å². The SMILES string of the molecule is C[Si]1(C)O[Si](C)(C(F)(F)F)O[Si](C(F)(F)F)(C(F)(F)F)O[Si](C)(C(F)(F)F)O1. The number of halogens is 12. The molecule has 0 radical (unpaired) electrons. The van der Waals surface area contributed by atoms with Gasteiger partial charge in [-0.1, -0.05) is 0 Å². The minimum atomic E-state index is -8.27. The van der Waals surface area contributed by atoms with Crippen LogP contribution in [0.4, 0.5) is 52.7 Å². The van der Waals surface area contributed by atoms with E-state index in [9.17, 15) is 52.7 Å². The smallest absolute Gasteiger partial charge is 0.410 e. The van der Waals surface area contributed by atoms with E-state index in [4.69, 9.17) is 0 Å². The van der Waals surface area contributed by atoms with Gasteiger partial charge in [0.05, 0.1) is 0 Å². The lowest BCUT2D eigenvalue weighted by molar-refractivity contribution is -0.167. The molecular formula is C8H12F12O4Si4. The first-order chi connectivity index (χ1) is 11.8. The summed E-state index contributed by atoms with van der Waals surface area (Å²) >= 11 is 0. The molecule has 2 atom stereocenters. The van der Waals surface area contributed by atoms with Crippen LogP contribution in [0.15, 0.2) is 0 Å². The van der Waals surface area contributed by atoms with Crippen LogP contribution < -0.4 is 0 Å². The van der Waals surface area contributed by atoms with Crippen molar-refractivity contribution in [1.29, 1.82) is 0 Å². The molecular weight excluding hydrogens is 500 g/mol. The Bertz CT molecular complexity index is 550. The Morgan fingerprint density at radius 2 is 0.679 bits per heavy atom. The van der Waals surface area contributed by atoms with Gasteiger partial charge in [0.25, 0.3) is 0 Å². The van der Waals surface area contributed by atoms with Gasteiger partial charge in [-0.05, 0) is 26.2 Å². The Balaban J connectivity index is 3.90. The monoisotopic (exact) mass is 512 g/mol. The summed E-state index contributed by atoms with van der Waals surface area (Å²) in [5.41, 5.74) is 0. The third-order valence-corrected chi connectivity index (χ3v) is 19.4. The maximum absolute atomic E-state index is 13.4. The third kappa shape index (κ3) is 4.46. The van der Waals surface area contributed by atoms with Gasteiger partial charge in [0, 0.05) is 0 Å². The van der Waals surface area contributed by atoms with Crippen molar-refractivity contribution in [3.63, 3.8) is 0 Å². The molecule has 1 saturated heterocycles. The van der Waals surface area contributed by atoms with Crippen LogP contribution in [0.2, 0.25) is 26.2 Å². The first kappa shape index (κ1) is 25.9. The maximum atomic E-state index is 13.4. The molecule has 168 valence electrons. The molecule has 0 aromatic rings. The largest absolute Gasteiger partial charge is 0.557 e. The lowest BCUT2D eigenvalue weighted by atomic mass is 11.5. The molecule has 0 saturated carbocycles. The Hall–Kier alpha value is -0.132. The number of rotatable bonds is 0. The van der Waals surface area contributed by atoms with Crippen molar-refractivity contribution >= 4 is 34.2 Å². The van der Waals surface area contributed by atoms with E-state index in [0.717, 1.165) is 0 Å². The van der Waals surface area contributed by atoms with Gasteiger partial charge in [-0.3, -0.25) is 0 Å². The minimum absolute atomic E-state index is 0.175. The zero-order chi connectivity index (χ0) is 22.8. The van der Waals surface area contributed by atoms with Crippen LogP contribution in [-0.4, -0.2) is 57.4 Å². The maximum Gasteiger partial charge on any atom is 0.557 e. The fourth-order valence-electron chi connectivity index (χ4n) is 2.19. The van der Waals surface area contributed by atoms with E-state index >= 15 is 0 Å². The van der Waals surface area contributed by atoms with E-state index in [1.165, 1.54) is 0 Å². The van der Waals surface area contributed by atoms with Gasteiger partial charge in [0.15, 0.2) is 0 Å². The Morgan fingerprint density at radius 3 is 0.857 bits per heavy atom. The van der Waals surface area contributed by atoms with Crippen molar-refractivity contribution in [2.45, 2.75) is 49.4 Å². The molecule has 1 aliphatic rings. The highest BCUT2D eigenvalue weighted by atomic mass is 28.5. The van der Waals surface area contributed by atoms with Crippen LogP contribution in [0.3, 0.4) is 0 Å². The van der Waals surface area contributed by atoms with Crippen LogP contribution in [0, 0.1) is 0 Å². The average molecular weight is 512 g/mol. The van der Waals surface area contributed by atoms with E-state index in [0.29, 0.717) is 13.1 Å². The fraction of sp³-hybridized carbons (Fsp3) is 1.00. The zero-order valence-corrected chi connectivity index (χ0v) is 18.2. The van der Waals surface area contributed by atoms with Crippen molar-refractivity contribution in [3.8, 4) is 0 Å². The highest BCUT2D eigenvalue weighted by Crippen LogP contribution is 2.51. The van der Waals surface area contributed by atoms with Gasteiger partial charge in [-0.15, -0.1) is 0 Å². The fourth-order valence-corrected chi connectivity index (χ4v) is 20.3. The molecule has 0 amide bonds. The van der Waals surface area contributed by atoms with Crippen molar-refractivity contribution in [3.05, 3.63) is 0 Å². The molecule has 20 heteroatoms. The first-order valence-electron chi connectivity index (χ1n) is 6.90. The summed E-state index contributed by atoms with van der Waals surface area (Å²) in [6.07, 6.45) is 0. The van der Waals surface area contributed by atoms with Gasteiger partial charge in [-0.25, -0.2) is 0 Å². The second-order valence-corrected chi connectivity index (χ2v) is 19.7. The summed E-state index contributed by atoms with van der Waals surface area (Å²) < 4.78 is 176. The van der Waals surface area contributed by atoms with Crippen LogP contribution in [-0.2, 0) is 16.5 Å². The van der Waals surface area contributed by atoms with E-state index < -0.39 is 57.4 Å². The van der Waals surface area contributed by atoms with E-state index in [1.54, 1.807) is 0 Å². The first-order valence-corrected chi connectivity index (χ1v) is 16.2. The summed E-state index contributed by atoms with van der Waals surface area (Å²) in [4.78, 5) is 0. The van der Waals surface area contributed by atoms with Gasteiger partial charge in [0.2, 0.25) is 0 Å². The predicted molar refractivity (Wildman–Crippen MR) is 75.0 cm³/mol. The van der Waals surface area contributed by atoms with Crippen molar-refractivity contribution in [2.75, 3.05) is 0 Å². The molecule has 0 bridgehead atoms. The zero-order valence-electron chi connectivity index (χ0n) is 14.2. The molecule has 4 nitrogen and oxygen atoms in total. The standard InChI is InChI=1S/C8H12F12O4Si4/c1-25(2)21-26(3,5(9,10)11)23-28(7(15,16)17,8(18,19)20)24-27(4,22-25)6(12,13)14/h1-4H3. The summed E-state index contributed by atoms with van der Waals surface area (Å²) in [6, 6.07) is 0. The van der Waals surface area contributed by atoms with E-state index in [-0.39, 0.29) is 13.1 Å². The molecule has 1 fully saturated rings. The summed E-state index contributed by atoms with van der Waals surface area (Å²) in [6.45, 7) is 0.851. The molecule has 0 spiro atoms. The van der Waals surface area contributed by atoms with Crippen LogP contribution in [0.25, 0.3) is 0 Å². The van der Waals surface area contributed by atoms with Crippen LogP contribution in [0.5, 0.6) is 0 Å². The molecule has 2 unspecified atom stereocenters. The molecule has 1 aliphatic heterocycles. The molecule has 0 N–H and O–H groups in total. The van der Waals surface area contributed by atoms with Crippen LogP contribution in [0.1, 0.15) is 0 Å². The molecule has 0 aromatic heterocycles.